The second kappa shape index (κ2) is 5.36. The lowest BCUT2D eigenvalue weighted by Gasteiger charge is -2.14. The second-order valence-electron chi connectivity index (χ2n) is 4.32. The number of rotatable bonds is 3. The van der Waals surface area contributed by atoms with Crippen LogP contribution in [0, 0.1) is 13.8 Å². The van der Waals surface area contributed by atoms with Crippen molar-refractivity contribution in [3.8, 4) is 5.75 Å². The summed E-state index contributed by atoms with van der Waals surface area (Å²) in [7, 11) is 1.60. The number of aryl methyl sites for hydroxylation is 2. The molecule has 100 valence electrons. The van der Waals surface area contributed by atoms with Gasteiger partial charge in [0.05, 0.1) is 18.5 Å². The molecular weight excluding hydrogens is 262 g/mol. The average Bonchev–Trinajstić information content (AvgIpc) is 2.38. The van der Waals surface area contributed by atoms with E-state index in [-0.39, 0.29) is 0 Å². The first-order valence-corrected chi connectivity index (χ1v) is 6.23. The van der Waals surface area contributed by atoms with Crippen LogP contribution in [0.25, 0.3) is 0 Å². The quantitative estimate of drug-likeness (QED) is 0.898. The fourth-order valence-corrected chi connectivity index (χ4v) is 1.88. The minimum Gasteiger partial charge on any atom is -0.495 e. The van der Waals surface area contributed by atoms with Crippen molar-refractivity contribution in [2.24, 2.45) is 0 Å². The lowest BCUT2D eigenvalue weighted by Crippen LogP contribution is -2.02. The summed E-state index contributed by atoms with van der Waals surface area (Å²) in [6.07, 6.45) is 0. The van der Waals surface area contributed by atoms with Gasteiger partial charge in [0, 0.05) is 16.8 Å². The number of nitrogens with one attached hydrogen (secondary N) is 1. The van der Waals surface area contributed by atoms with Crippen LogP contribution in [-0.4, -0.2) is 12.1 Å². The zero-order valence-electron chi connectivity index (χ0n) is 11.1. The van der Waals surface area contributed by atoms with Crippen LogP contribution in [0.1, 0.15) is 11.3 Å². The smallest absolute Gasteiger partial charge is 0.153 e. The maximum atomic E-state index is 6.08. The van der Waals surface area contributed by atoms with Gasteiger partial charge in [0.25, 0.3) is 0 Å². The number of hydrogen-bond acceptors (Lipinski definition) is 4. The lowest BCUT2D eigenvalue weighted by molar-refractivity contribution is 0.416. The van der Waals surface area contributed by atoms with Gasteiger partial charge in [0.15, 0.2) is 5.82 Å². The molecule has 0 saturated heterocycles. The first kappa shape index (κ1) is 13.5. The molecule has 0 aliphatic heterocycles. The third-order valence-corrected chi connectivity index (χ3v) is 3.21. The highest BCUT2D eigenvalue weighted by Crippen LogP contribution is 2.33. The second-order valence-corrected chi connectivity index (χ2v) is 4.72. The van der Waals surface area contributed by atoms with Crippen LogP contribution in [0.15, 0.2) is 24.3 Å². The van der Waals surface area contributed by atoms with Crippen LogP contribution in [0.3, 0.4) is 0 Å². The van der Waals surface area contributed by atoms with Crippen LogP contribution in [-0.2, 0) is 0 Å². The number of halogens is 1. The Kier molecular flexibility index (Phi) is 3.81. The lowest BCUT2D eigenvalue weighted by atomic mass is 10.2. The van der Waals surface area contributed by atoms with E-state index in [2.05, 4.69) is 10.3 Å². The van der Waals surface area contributed by atoms with Crippen LogP contribution in [0.2, 0.25) is 5.02 Å². The number of nitrogens with zero attached hydrogens (tertiary/aromatic N) is 1. The Morgan fingerprint density at radius 3 is 2.68 bits per heavy atom. The van der Waals surface area contributed by atoms with E-state index >= 15 is 0 Å². The maximum Gasteiger partial charge on any atom is 0.153 e. The van der Waals surface area contributed by atoms with Crippen molar-refractivity contribution in [2.45, 2.75) is 13.8 Å². The number of pyridine rings is 1. The molecule has 0 spiro atoms. The third-order valence-electron chi connectivity index (χ3n) is 2.80. The van der Waals surface area contributed by atoms with Gasteiger partial charge in [0.2, 0.25) is 0 Å². The Balaban J connectivity index is 2.42. The first-order valence-electron chi connectivity index (χ1n) is 5.85. The highest BCUT2D eigenvalue weighted by atomic mass is 35.5. The van der Waals surface area contributed by atoms with E-state index in [0.29, 0.717) is 22.3 Å². The number of ether oxygens (including phenoxy) is 1. The molecule has 0 aliphatic rings. The fourth-order valence-electron chi connectivity index (χ4n) is 1.72. The Bertz CT molecular complexity index is 614. The molecule has 0 atom stereocenters. The number of benzene rings is 1. The van der Waals surface area contributed by atoms with Crippen molar-refractivity contribution in [1.82, 2.24) is 4.98 Å². The van der Waals surface area contributed by atoms with Crippen molar-refractivity contribution < 1.29 is 4.74 Å². The monoisotopic (exact) mass is 277 g/mol. The maximum absolute atomic E-state index is 6.08. The highest BCUT2D eigenvalue weighted by Gasteiger charge is 2.09. The summed E-state index contributed by atoms with van der Waals surface area (Å²) in [6.45, 7) is 3.84. The molecule has 2 aromatic rings. The molecule has 0 aliphatic carbocycles. The van der Waals surface area contributed by atoms with Gasteiger partial charge in [-0.2, -0.15) is 0 Å². The van der Waals surface area contributed by atoms with E-state index in [1.165, 1.54) is 0 Å². The van der Waals surface area contributed by atoms with Gasteiger partial charge in [-0.15, -0.1) is 0 Å². The SMILES string of the molecule is COc1cc(Cl)c(C)cc1Nc1nc(C)ccc1N. The molecular formula is C14H16ClN3O. The van der Waals surface area contributed by atoms with Gasteiger partial charge in [-0.05, 0) is 37.6 Å². The van der Waals surface area contributed by atoms with Gasteiger partial charge in [-0.25, -0.2) is 4.98 Å². The molecule has 0 unspecified atom stereocenters. The van der Waals surface area contributed by atoms with Crippen molar-refractivity contribution >= 4 is 28.8 Å². The number of nitrogen functional groups attached to an aromatic ring is 1. The van der Waals surface area contributed by atoms with Crippen molar-refractivity contribution in [3.05, 3.63) is 40.5 Å². The van der Waals surface area contributed by atoms with E-state index in [9.17, 15) is 0 Å². The number of methoxy groups -OCH3 is 1. The average molecular weight is 278 g/mol. The minimum absolute atomic E-state index is 0.584. The van der Waals surface area contributed by atoms with E-state index in [1.54, 1.807) is 13.2 Å². The zero-order chi connectivity index (χ0) is 14.0. The van der Waals surface area contributed by atoms with Crippen molar-refractivity contribution in [2.75, 3.05) is 18.2 Å². The van der Waals surface area contributed by atoms with Gasteiger partial charge < -0.3 is 15.8 Å². The molecule has 0 fully saturated rings. The van der Waals surface area contributed by atoms with Gasteiger partial charge in [0.1, 0.15) is 5.75 Å². The molecule has 5 heteroatoms. The molecule has 0 amide bonds. The highest BCUT2D eigenvalue weighted by molar-refractivity contribution is 6.31. The molecule has 0 saturated carbocycles. The van der Waals surface area contributed by atoms with Gasteiger partial charge in [-0.1, -0.05) is 11.6 Å². The molecule has 1 aromatic heterocycles. The molecule has 0 bridgehead atoms. The molecule has 19 heavy (non-hydrogen) atoms. The van der Waals surface area contributed by atoms with E-state index in [0.717, 1.165) is 16.9 Å². The number of anilines is 3. The molecule has 1 aromatic carbocycles. The topological polar surface area (TPSA) is 60.2 Å². The van der Waals surface area contributed by atoms with Gasteiger partial charge >= 0.3 is 0 Å². The minimum atomic E-state index is 0.584. The Morgan fingerprint density at radius 2 is 2.00 bits per heavy atom. The van der Waals surface area contributed by atoms with Crippen LogP contribution >= 0.6 is 11.6 Å². The molecule has 3 N–H and O–H groups in total. The van der Waals surface area contributed by atoms with Crippen molar-refractivity contribution in [1.29, 1.82) is 0 Å². The summed E-state index contributed by atoms with van der Waals surface area (Å²) in [5.41, 5.74) is 9.12. The third kappa shape index (κ3) is 2.90. The van der Waals surface area contributed by atoms with Gasteiger partial charge in [-0.3, -0.25) is 0 Å². The number of nitrogens with two attached hydrogens (primary N) is 1. The summed E-state index contributed by atoms with van der Waals surface area (Å²) in [5.74, 6) is 1.26. The van der Waals surface area contributed by atoms with E-state index in [4.69, 9.17) is 22.1 Å². The summed E-state index contributed by atoms with van der Waals surface area (Å²) in [4.78, 5) is 4.37. The van der Waals surface area contributed by atoms with Crippen LogP contribution < -0.4 is 15.8 Å². The van der Waals surface area contributed by atoms with E-state index < -0.39 is 0 Å². The summed E-state index contributed by atoms with van der Waals surface area (Å²) < 4.78 is 5.31. The first-order chi connectivity index (χ1) is 9.01. The number of aromatic nitrogens is 1. The summed E-state index contributed by atoms with van der Waals surface area (Å²) >= 11 is 6.08. The standard InChI is InChI=1S/C14H16ClN3O/c1-8-6-12(13(19-3)7-10(8)15)18-14-11(16)5-4-9(2)17-14/h4-7H,16H2,1-3H3,(H,17,18). The summed E-state index contributed by atoms with van der Waals surface area (Å²) in [5, 5.41) is 3.84. The molecule has 4 nitrogen and oxygen atoms in total. The Morgan fingerprint density at radius 1 is 1.26 bits per heavy atom. The molecule has 2 rings (SSSR count). The Labute approximate surface area is 117 Å². The normalized spacial score (nSPS) is 10.3. The number of hydrogen-bond donors (Lipinski definition) is 2. The van der Waals surface area contributed by atoms with Crippen LogP contribution in [0.4, 0.5) is 17.2 Å². The molecule has 0 radical (unpaired) electrons. The van der Waals surface area contributed by atoms with E-state index in [1.807, 2.05) is 32.0 Å². The van der Waals surface area contributed by atoms with Crippen molar-refractivity contribution in [3.63, 3.8) is 0 Å². The summed E-state index contributed by atoms with van der Waals surface area (Å²) in [6, 6.07) is 7.36. The largest absolute Gasteiger partial charge is 0.495 e. The fraction of sp³-hybridized carbons (Fsp3) is 0.214. The Hall–Kier alpha value is -1.94. The van der Waals surface area contributed by atoms with Crippen LogP contribution in [0.5, 0.6) is 5.75 Å². The predicted octanol–water partition coefficient (Wildman–Crippen LogP) is 3.69. The predicted molar refractivity (Wildman–Crippen MR) is 79.4 cm³/mol. The molecule has 1 heterocycles. The zero-order valence-corrected chi connectivity index (χ0v) is 11.9.